The maximum absolute atomic E-state index is 12.4. The van der Waals surface area contributed by atoms with E-state index in [-0.39, 0.29) is 76.5 Å². The second kappa shape index (κ2) is 11.1. The Kier molecular flexibility index (Phi) is 8.76. The quantitative estimate of drug-likeness (QED) is 0.605. The van der Waals surface area contributed by atoms with E-state index >= 15 is 0 Å². The van der Waals surface area contributed by atoms with Crippen LogP contribution in [0.4, 0.5) is 5.69 Å². The van der Waals surface area contributed by atoms with Crippen LogP contribution in [0.2, 0.25) is 0 Å². The van der Waals surface area contributed by atoms with Crippen LogP contribution in [0.5, 0.6) is 5.75 Å². The van der Waals surface area contributed by atoms with E-state index in [1.165, 1.54) is 0 Å². The Morgan fingerprint density at radius 1 is 1.00 bits per heavy atom. The molecule has 10 heteroatoms. The monoisotopic (exact) mass is 483 g/mol. The molecule has 2 aliphatic rings. The van der Waals surface area contributed by atoms with Gasteiger partial charge in [0.15, 0.2) is 0 Å². The van der Waals surface area contributed by atoms with Crippen molar-refractivity contribution in [3.8, 4) is 5.75 Å². The third kappa shape index (κ3) is 6.33. The van der Waals surface area contributed by atoms with Crippen LogP contribution in [0.1, 0.15) is 36.8 Å². The molecule has 2 aromatic carbocycles. The summed E-state index contributed by atoms with van der Waals surface area (Å²) < 4.78 is 33.8. The van der Waals surface area contributed by atoms with E-state index in [4.69, 9.17) is 4.74 Å². The van der Waals surface area contributed by atoms with Gasteiger partial charge in [0.1, 0.15) is 18.9 Å². The van der Waals surface area contributed by atoms with Crippen LogP contribution in [0.3, 0.4) is 0 Å². The second-order valence-corrected chi connectivity index (χ2v) is 9.42. The number of amides is 2. The van der Waals surface area contributed by atoms with E-state index in [0.717, 1.165) is 34.7 Å². The summed E-state index contributed by atoms with van der Waals surface area (Å²) in [6.07, 6.45) is 3.94. The topological polar surface area (TPSA) is 105 Å². The molecule has 0 aromatic heterocycles. The minimum atomic E-state index is -3.95. The molecule has 0 spiro atoms. The third-order valence-corrected chi connectivity index (χ3v) is 6.80. The molecule has 8 nitrogen and oxygen atoms in total. The van der Waals surface area contributed by atoms with Gasteiger partial charge >= 0.3 is 61.6 Å². The number of ether oxygens (including phenoxy) is 1. The molecule has 4 rings (SSSR count). The predicted molar refractivity (Wildman–Crippen MR) is 123 cm³/mol. The molecule has 2 fully saturated rings. The Morgan fingerprint density at radius 3 is 2.50 bits per heavy atom. The fourth-order valence-corrected chi connectivity index (χ4v) is 5.05. The first-order chi connectivity index (χ1) is 14.9. The van der Waals surface area contributed by atoms with Gasteiger partial charge in [0.05, 0.1) is 5.69 Å². The first-order valence-corrected chi connectivity index (χ1v) is 11.8. The number of nitrogens with one attached hydrogen (secondary N) is 2. The van der Waals surface area contributed by atoms with Crippen molar-refractivity contribution in [2.24, 2.45) is 0 Å². The van der Waals surface area contributed by atoms with Crippen molar-refractivity contribution in [2.45, 2.75) is 44.8 Å². The zero-order valence-corrected chi connectivity index (χ0v) is 17.9. The fourth-order valence-electron chi connectivity index (χ4n) is 3.89. The van der Waals surface area contributed by atoms with Gasteiger partial charge in [0.25, 0.3) is 5.91 Å². The van der Waals surface area contributed by atoms with Crippen LogP contribution in [-0.2, 0) is 32.8 Å². The Morgan fingerprint density at radius 2 is 1.78 bits per heavy atom. The molecule has 2 amide bonds. The molecule has 2 heterocycles. The molecule has 32 heavy (non-hydrogen) atoms. The van der Waals surface area contributed by atoms with Gasteiger partial charge in [0, 0.05) is 12.5 Å². The van der Waals surface area contributed by atoms with Gasteiger partial charge in [-0.2, -0.15) is 8.42 Å². The summed E-state index contributed by atoms with van der Waals surface area (Å²) in [7, 11) is -3.95. The summed E-state index contributed by atoms with van der Waals surface area (Å²) in [6, 6.07) is 14.9. The fraction of sp³-hybridized carbons (Fsp3) is 0.364. The van der Waals surface area contributed by atoms with Crippen LogP contribution in [0.15, 0.2) is 48.5 Å². The van der Waals surface area contributed by atoms with Crippen LogP contribution in [-0.4, -0.2) is 84.2 Å². The van der Waals surface area contributed by atoms with Gasteiger partial charge < -0.3 is 10.1 Å². The molecular weight excluding hydrogens is 457 g/mol. The Labute approximate surface area is 230 Å². The first-order valence-electron chi connectivity index (χ1n) is 10.3. The number of hydrogen-bond acceptors (Lipinski definition) is 5. The molecule has 0 radical (unpaired) electrons. The van der Waals surface area contributed by atoms with Crippen LogP contribution >= 0.6 is 0 Å². The molecule has 2 aromatic rings. The summed E-state index contributed by atoms with van der Waals surface area (Å²) in [6.45, 7) is -0.0330. The molecule has 2 N–H and O–H groups in total. The van der Waals surface area contributed by atoms with Crippen molar-refractivity contribution < 1.29 is 22.7 Å². The zero-order chi connectivity index (χ0) is 21.8. The minimum absolute atomic E-state index is 0. The van der Waals surface area contributed by atoms with E-state index in [1.807, 2.05) is 41.1 Å². The molecular formula is C22H26KN3O5S. The standard InChI is InChI=1S/C22H25N3O5S.K.H/c26-21-9-5-4-8-18(23-21)12-17-10-11-19(25-14-22(27)24-31(25,28)29)20(13-17)30-15-16-6-2-1-3-7-16;;/h1-3,6-7,10-11,13,18H,4-5,8-9,12,14-15H2,(H,23,26)(H,24,27);;. The van der Waals surface area contributed by atoms with Crippen molar-refractivity contribution in [1.82, 2.24) is 10.0 Å². The Bertz CT molecular complexity index is 1080. The molecule has 166 valence electrons. The van der Waals surface area contributed by atoms with Gasteiger partial charge in [-0.25, -0.2) is 9.03 Å². The number of hydrogen-bond donors (Lipinski definition) is 2. The average molecular weight is 484 g/mol. The number of benzene rings is 2. The van der Waals surface area contributed by atoms with Crippen LogP contribution < -0.4 is 19.1 Å². The maximum atomic E-state index is 12.4. The molecule has 1 unspecified atom stereocenters. The van der Waals surface area contributed by atoms with Gasteiger partial charge in [-0.05, 0) is 42.5 Å². The molecule has 0 saturated carbocycles. The van der Waals surface area contributed by atoms with E-state index in [9.17, 15) is 18.0 Å². The molecule has 0 aliphatic carbocycles. The summed E-state index contributed by atoms with van der Waals surface area (Å²) in [5.41, 5.74) is 2.17. The molecule has 2 aliphatic heterocycles. The number of anilines is 1. The van der Waals surface area contributed by atoms with E-state index < -0.39 is 16.1 Å². The normalized spacial score (nSPS) is 20.0. The Hall–Kier alpha value is -1.43. The van der Waals surface area contributed by atoms with E-state index in [1.54, 1.807) is 12.1 Å². The average Bonchev–Trinajstić information content (AvgIpc) is 2.87. The van der Waals surface area contributed by atoms with Crippen LogP contribution in [0.25, 0.3) is 0 Å². The summed E-state index contributed by atoms with van der Waals surface area (Å²) >= 11 is 0. The molecule has 2 saturated heterocycles. The zero-order valence-electron chi connectivity index (χ0n) is 17.0. The van der Waals surface area contributed by atoms with E-state index in [2.05, 4.69) is 5.32 Å². The number of carbonyl (C=O) groups excluding carboxylic acids is 2. The third-order valence-electron chi connectivity index (χ3n) is 5.40. The summed E-state index contributed by atoms with van der Waals surface area (Å²) in [5.74, 6) is -0.145. The predicted octanol–water partition coefficient (Wildman–Crippen LogP) is 1.40. The Balaban J connectivity index is 0.00000289. The number of rotatable bonds is 6. The number of nitrogens with zero attached hydrogens (tertiary/aromatic N) is 1. The van der Waals surface area contributed by atoms with Crippen molar-refractivity contribution >= 4 is 79.1 Å². The van der Waals surface area contributed by atoms with Crippen molar-refractivity contribution in [3.63, 3.8) is 0 Å². The summed E-state index contributed by atoms with van der Waals surface area (Å²) in [5, 5.41) is 3.05. The van der Waals surface area contributed by atoms with Crippen LogP contribution in [0, 0.1) is 0 Å². The number of carbonyl (C=O) groups is 2. The van der Waals surface area contributed by atoms with Gasteiger partial charge in [-0.15, -0.1) is 0 Å². The van der Waals surface area contributed by atoms with E-state index in [0.29, 0.717) is 24.3 Å². The van der Waals surface area contributed by atoms with Crippen molar-refractivity contribution in [2.75, 3.05) is 10.8 Å². The first kappa shape index (κ1) is 25.2. The van der Waals surface area contributed by atoms with Crippen molar-refractivity contribution in [3.05, 3.63) is 59.7 Å². The second-order valence-electron chi connectivity index (χ2n) is 7.83. The molecule has 1 atom stereocenters. The van der Waals surface area contributed by atoms with Crippen molar-refractivity contribution in [1.29, 1.82) is 0 Å². The van der Waals surface area contributed by atoms with Gasteiger partial charge in [-0.3, -0.25) is 9.59 Å². The molecule has 0 bridgehead atoms. The summed E-state index contributed by atoms with van der Waals surface area (Å²) in [4.78, 5) is 23.6. The SMILES string of the molecule is O=C1CCCCC(Cc2ccc(N3CC(=O)NS3(=O)=O)c(OCc3ccccc3)c2)N1.[KH]. The van der Waals surface area contributed by atoms with Gasteiger partial charge in [-0.1, -0.05) is 42.8 Å². The van der Waals surface area contributed by atoms with Gasteiger partial charge in [0.2, 0.25) is 5.91 Å².